The SMILES string of the molecule is N#C/C(=C\c1ccccc1Cc1ccccc1Cl)C(=O)Nc1ccc(F)cc1. The molecule has 0 aromatic heterocycles. The predicted octanol–water partition coefficient (Wildman–Crippen LogP) is 5.62. The molecule has 0 aliphatic carbocycles. The number of hydrogen-bond donors (Lipinski definition) is 1. The van der Waals surface area contributed by atoms with Gasteiger partial charge in [0.05, 0.1) is 0 Å². The second-order valence-corrected chi connectivity index (χ2v) is 6.51. The Balaban J connectivity index is 1.86. The predicted molar refractivity (Wildman–Crippen MR) is 109 cm³/mol. The van der Waals surface area contributed by atoms with Crippen LogP contribution in [0.4, 0.5) is 10.1 Å². The van der Waals surface area contributed by atoms with Gasteiger partial charge in [-0.25, -0.2) is 4.39 Å². The molecule has 0 fully saturated rings. The van der Waals surface area contributed by atoms with Crippen LogP contribution in [-0.4, -0.2) is 5.91 Å². The summed E-state index contributed by atoms with van der Waals surface area (Å²) in [6, 6.07) is 22.3. The highest BCUT2D eigenvalue weighted by molar-refractivity contribution is 6.31. The number of nitriles is 1. The van der Waals surface area contributed by atoms with Gasteiger partial charge in [0.25, 0.3) is 5.91 Å². The Morgan fingerprint density at radius 3 is 2.32 bits per heavy atom. The van der Waals surface area contributed by atoms with Crippen LogP contribution in [0.15, 0.2) is 78.4 Å². The Kier molecular flexibility index (Phi) is 6.21. The molecule has 0 bridgehead atoms. The number of carbonyl (C=O) groups excluding carboxylic acids is 1. The van der Waals surface area contributed by atoms with Gasteiger partial charge >= 0.3 is 0 Å². The van der Waals surface area contributed by atoms with E-state index in [-0.39, 0.29) is 5.57 Å². The van der Waals surface area contributed by atoms with Gasteiger partial charge < -0.3 is 5.32 Å². The van der Waals surface area contributed by atoms with E-state index < -0.39 is 11.7 Å². The number of anilines is 1. The Bertz CT molecular complexity index is 1070. The van der Waals surface area contributed by atoms with Crippen LogP contribution in [-0.2, 0) is 11.2 Å². The van der Waals surface area contributed by atoms with Gasteiger partial charge in [0, 0.05) is 10.7 Å². The fraction of sp³-hybridized carbons (Fsp3) is 0.0435. The van der Waals surface area contributed by atoms with E-state index in [9.17, 15) is 14.4 Å². The molecule has 0 aliphatic heterocycles. The maximum absolute atomic E-state index is 13.0. The van der Waals surface area contributed by atoms with Crippen LogP contribution in [0.1, 0.15) is 16.7 Å². The van der Waals surface area contributed by atoms with Gasteiger partial charge in [0.1, 0.15) is 17.5 Å². The number of halogens is 2. The molecule has 0 spiro atoms. The Labute approximate surface area is 167 Å². The first-order valence-electron chi connectivity index (χ1n) is 8.57. The van der Waals surface area contributed by atoms with Crippen LogP contribution in [0.2, 0.25) is 5.02 Å². The topological polar surface area (TPSA) is 52.9 Å². The summed E-state index contributed by atoms with van der Waals surface area (Å²) in [4.78, 5) is 12.4. The molecular formula is C23H16ClFN2O. The molecule has 0 unspecified atom stereocenters. The standard InChI is InChI=1S/C23H16ClFN2O/c24-22-8-4-3-7-18(22)13-16-5-1-2-6-17(16)14-19(15-26)23(28)27-21-11-9-20(25)10-12-21/h1-12,14H,13H2,(H,27,28)/b19-14+. The fourth-order valence-electron chi connectivity index (χ4n) is 2.72. The van der Waals surface area contributed by atoms with Crippen molar-refractivity contribution in [3.8, 4) is 6.07 Å². The van der Waals surface area contributed by atoms with E-state index in [4.69, 9.17) is 11.6 Å². The summed E-state index contributed by atoms with van der Waals surface area (Å²) in [6.45, 7) is 0. The summed E-state index contributed by atoms with van der Waals surface area (Å²) in [6.07, 6.45) is 2.12. The number of nitrogens with zero attached hydrogens (tertiary/aromatic N) is 1. The third-order valence-corrected chi connectivity index (χ3v) is 4.53. The number of benzene rings is 3. The molecule has 0 aliphatic rings. The summed E-state index contributed by atoms with van der Waals surface area (Å²) >= 11 is 6.25. The number of nitrogens with one attached hydrogen (secondary N) is 1. The van der Waals surface area contributed by atoms with Crippen molar-refractivity contribution in [2.24, 2.45) is 0 Å². The van der Waals surface area contributed by atoms with E-state index in [1.807, 2.05) is 54.6 Å². The molecule has 1 amide bonds. The van der Waals surface area contributed by atoms with Gasteiger partial charge in [0.15, 0.2) is 0 Å². The Morgan fingerprint density at radius 1 is 1.00 bits per heavy atom. The van der Waals surface area contributed by atoms with Crippen molar-refractivity contribution in [1.29, 1.82) is 5.26 Å². The monoisotopic (exact) mass is 390 g/mol. The average Bonchev–Trinajstić information content (AvgIpc) is 2.70. The van der Waals surface area contributed by atoms with Gasteiger partial charge in [-0.2, -0.15) is 5.26 Å². The van der Waals surface area contributed by atoms with Crippen molar-refractivity contribution in [2.45, 2.75) is 6.42 Å². The molecule has 28 heavy (non-hydrogen) atoms. The van der Waals surface area contributed by atoms with E-state index in [1.165, 1.54) is 24.3 Å². The Hall–Kier alpha value is -3.42. The quantitative estimate of drug-likeness (QED) is 0.454. The zero-order valence-corrected chi connectivity index (χ0v) is 15.6. The summed E-state index contributed by atoms with van der Waals surface area (Å²) in [5.74, 6) is -0.954. The molecule has 0 saturated heterocycles. The van der Waals surface area contributed by atoms with Crippen molar-refractivity contribution in [1.82, 2.24) is 0 Å². The first-order chi connectivity index (χ1) is 13.6. The lowest BCUT2D eigenvalue weighted by atomic mass is 9.98. The minimum absolute atomic E-state index is 0.0454. The van der Waals surface area contributed by atoms with Crippen molar-refractivity contribution < 1.29 is 9.18 Å². The third-order valence-electron chi connectivity index (χ3n) is 4.16. The molecule has 0 saturated carbocycles. The maximum atomic E-state index is 13.0. The fourth-order valence-corrected chi connectivity index (χ4v) is 2.92. The van der Waals surface area contributed by atoms with Crippen LogP contribution >= 0.6 is 11.6 Å². The molecule has 138 valence electrons. The zero-order chi connectivity index (χ0) is 19.9. The number of amides is 1. The first kappa shape index (κ1) is 19.3. The highest BCUT2D eigenvalue weighted by atomic mass is 35.5. The molecule has 3 aromatic rings. The molecule has 1 N–H and O–H groups in total. The largest absolute Gasteiger partial charge is 0.321 e. The smallest absolute Gasteiger partial charge is 0.266 e. The summed E-state index contributed by atoms with van der Waals surface area (Å²) < 4.78 is 13.0. The summed E-state index contributed by atoms with van der Waals surface area (Å²) in [5.41, 5.74) is 3.03. The van der Waals surface area contributed by atoms with Crippen molar-refractivity contribution >= 4 is 29.3 Å². The van der Waals surface area contributed by atoms with Gasteiger partial charge in [-0.15, -0.1) is 0 Å². The lowest BCUT2D eigenvalue weighted by Crippen LogP contribution is -2.13. The summed E-state index contributed by atoms with van der Waals surface area (Å²) in [7, 11) is 0. The molecule has 5 heteroatoms. The molecular weight excluding hydrogens is 375 g/mol. The lowest BCUT2D eigenvalue weighted by molar-refractivity contribution is -0.112. The van der Waals surface area contributed by atoms with E-state index in [1.54, 1.807) is 6.08 Å². The van der Waals surface area contributed by atoms with Gasteiger partial charge in [-0.3, -0.25) is 4.79 Å². The van der Waals surface area contributed by atoms with Crippen LogP contribution in [0.5, 0.6) is 0 Å². The molecule has 3 rings (SSSR count). The van der Waals surface area contributed by atoms with Crippen molar-refractivity contribution in [2.75, 3.05) is 5.32 Å². The first-order valence-corrected chi connectivity index (χ1v) is 8.94. The molecule has 0 radical (unpaired) electrons. The van der Waals surface area contributed by atoms with Gasteiger partial charge in [-0.1, -0.05) is 54.1 Å². The lowest BCUT2D eigenvalue weighted by Gasteiger charge is -2.09. The van der Waals surface area contributed by atoms with E-state index >= 15 is 0 Å². The molecule has 0 heterocycles. The zero-order valence-electron chi connectivity index (χ0n) is 14.8. The van der Waals surface area contributed by atoms with E-state index in [2.05, 4.69) is 5.32 Å². The minimum atomic E-state index is -0.554. The van der Waals surface area contributed by atoms with Crippen LogP contribution in [0, 0.1) is 17.1 Å². The van der Waals surface area contributed by atoms with Gasteiger partial charge in [0.2, 0.25) is 0 Å². The second-order valence-electron chi connectivity index (χ2n) is 6.10. The maximum Gasteiger partial charge on any atom is 0.266 e. The average molecular weight is 391 g/mol. The van der Waals surface area contributed by atoms with Crippen LogP contribution in [0.25, 0.3) is 6.08 Å². The van der Waals surface area contributed by atoms with Crippen LogP contribution in [0.3, 0.4) is 0 Å². The van der Waals surface area contributed by atoms with Crippen molar-refractivity contribution in [3.63, 3.8) is 0 Å². The molecule has 3 aromatic carbocycles. The van der Waals surface area contributed by atoms with E-state index in [0.29, 0.717) is 17.1 Å². The number of carbonyl (C=O) groups is 1. The Morgan fingerprint density at radius 2 is 1.64 bits per heavy atom. The summed E-state index contributed by atoms with van der Waals surface area (Å²) in [5, 5.41) is 12.7. The second kappa shape index (κ2) is 8.98. The minimum Gasteiger partial charge on any atom is -0.321 e. The number of rotatable bonds is 5. The van der Waals surface area contributed by atoms with Gasteiger partial charge in [-0.05, 0) is 59.5 Å². The highest BCUT2D eigenvalue weighted by Gasteiger charge is 2.12. The molecule has 0 atom stereocenters. The third kappa shape index (κ3) is 4.85. The number of hydrogen-bond acceptors (Lipinski definition) is 2. The normalized spacial score (nSPS) is 11.0. The highest BCUT2D eigenvalue weighted by Crippen LogP contribution is 2.22. The molecule has 3 nitrogen and oxygen atoms in total. The van der Waals surface area contributed by atoms with Crippen LogP contribution < -0.4 is 5.32 Å². The van der Waals surface area contributed by atoms with Crippen molar-refractivity contribution in [3.05, 3.63) is 106 Å². The van der Waals surface area contributed by atoms with E-state index in [0.717, 1.165) is 16.7 Å².